The summed E-state index contributed by atoms with van der Waals surface area (Å²) in [6.45, 7) is 2.06. The summed E-state index contributed by atoms with van der Waals surface area (Å²) in [5.41, 5.74) is 10.4. The zero-order chi connectivity index (χ0) is 18.1. The Morgan fingerprint density at radius 1 is 1.46 bits per heavy atom. The number of rotatable bonds is 4. The molecule has 0 spiro atoms. The summed E-state index contributed by atoms with van der Waals surface area (Å²) in [6.07, 6.45) is 8.46. The van der Waals surface area contributed by atoms with Crippen LogP contribution in [0.3, 0.4) is 0 Å². The molecule has 7 nitrogen and oxygen atoms in total. The fourth-order valence-electron chi connectivity index (χ4n) is 3.03. The van der Waals surface area contributed by atoms with Gasteiger partial charge in [0.15, 0.2) is 0 Å². The number of aromatic nitrogens is 4. The molecule has 4 rings (SSSR count). The lowest BCUT2D eigenvalue weighted by Gasteiger charge is -2.21. The van der Waals surface area contributed by atoms with Crippen LogP contribution in [0.25, 0.3) is 5.13 Å². The average Bonchev–Trinajstić information content (AvgIpc) is 3.30. The molecule has 0 saturated carbocycles. The van der Waals surface area contributed by atoms with Crippen LogP contribution < -0.4 is 11.1 Å². The molecule has 0 radical (unpaired) electrons. The summed E-state index contributed by atoms with van der Waals surface area (Å²) in [7, 11) is 0. The number of hydrogen-bond donors (Lipinski definition) is 2. The number of carbonyl (C=O) groups is 1. The van der Waals surface area contributed by atoms with Gasteiger partial charge in [0.2, 0.25) is 5.13 Å². The summed E-state index contributed by atoms with van der Waals surface area (Å²) >= 11 is 1.51. The van der Waals surface area contributed by atoms with Crippen LogP contribution in [-0.4, -0.2) is 31.7 Å². The van der Waals surface area contributed by atoms with Crippen molar-refractivity contribution in [2.75, 3.05) is 5.32 Å². The molecule has 8 heteroatoms. The minimum Gasteiger partial charge on any atom is -0.327 e. The molecular weight excluding hydrogens is 348 g/mol. The van der Waals surface area contributed by atoms with Gasteiger partial charge in [-0.05, 0) is 37.3 Å². The van der Waals surface area contributed by atoms with Gasteiger partial charge in [-0.3, -0.25) is 9.78 Å². The molecule has 3 aromatic heterocycles. The summed E-state index contributed by atoms with van der Waals surface area (Å²) in [5.74, 6) is -0.217. The number of fused-ring (bicyclic) bond motifs is 1. The van der Waals surface area contributed by atoms with Crippen molar-refractivity contribution in [2.45, 2.75) is 38.6 Å². The lowest BCUT2D eigenvalue weighted by atomic mass is 9.92. The molecule has 1 aliphatic rings. The molecule has 26 heavy (non-hydrogen) atoms. The highest BCUT2D eigenvalue weighted by Gasteiger charge is 2.18. The highest BCUT2D eigenvalue weighted by molar-refractivity contribution is 7.12. The zero-order valence-corrected chi connectivity index (χ0v) is 15.3. The number of hydrogen-bond acceptors (Lipinski definition) is 6. The SMILES string of the molecule is CCc1csc(-n2cc(C(=O)Nc3cnc4c(c3)CC(N)CC4)cn2)n1. The van der Waals surface area contributed by atoms with E-state index >= 15 is 0 Å². The van der Waals surface area contributed by atoms with Crippen LogP contribution >= 0.6 is 11.3 Å². The minimum absolute atomic E-state index is 0.166. The van der Waals surface area contributed by atoms with Crippen LogP contribution in [0.4, 0.5) is 5.69 Å². The maximum atomic E-state index is 12.5. The molecule has 1 atom stereocenters. The second kappa shape index (κ2) is 6.97. The molecular formula is C18H20N6OS. The van der Waals surface area contributed by atoms with E-state index in [1.165, 1.54) is 11.3 Å². The number of pyridine rings is 1. The van der Waals surface area contributed by atoms with Crippen LogP contribution in [-0.2, 0) is 19.3 Å². The largest absolute Gasteiger partial charge is 0.327 e. The molecule has 0 fully saturated rings. The number of thiazole rings is 1. The zero-order valence-electron chi connectivity index (χ0n) is 14.5. The summed E-state index contributed by atoms with van der Waals surface area (Å²) in [4.78, 5) is 21.5. The van der Waals surface area contributed by atoms with Crippen molar-refractivity contribution in [1.82, 2.24) is 19.7 Å². The van der Waals surface area contributed by atoms with Crippen molar-refractivity contribution in [3.8, 4) is 5.13 Å². The number of aryl methyl sites for hydroxylation is 2. The van der Waals surface area contributed by atoms with Gasteiger partial charge in [-0.25, -0.2) is 9.67 Å². The molecule has 134 valence electrons. The molecule has 0 saturated heterocycles. The van der Waals surface area contributed by atoms with Gasteiger partial charge < -0.3 is 11.1 Å². The Kier molecular flexibility index (Phi) is 4.52. The van der Waals surface area contributed by atoms with Crippen LogP contribution in [0.15, 0.2) is 30.0 Å². The summed E-state index contributed by atoms with van der Waals surface area (Å²) in [6, 6.07) is 2.14. The maximum Gasteiger partial charge on any atom is 0.258 e. The van der Waals surface area contributed by atoms with E-state index in [-0.39, 0.29) is 11.9 Å². The normalized spacial score (nSPS) is 16.3. The molecule has 1 aliphatic carbocycles. The van der Waals surface area contributed by atoms with Crippen LogP contribution in [0.5, 0.6) is 0 Å². The van der Waals surface area contributed by atoms with Gasteiger partial charge in [-0.15, -0.1) is 11.3 Å². The van der Waals surface area contributed by atoms with Gasteiger partial charge in [0.25, 0.3) is 5.91 Å². The number of nitrogens with two attached hydrogens (primary N) is 1. The number of amides is 1. The molecule has 0 bridgehead atoms. The van der Waals surface area contributed by atoms with Crippen LogP contribution in [0, 0.1) is 0 Å². The van der Waals surface area contributed by atoms with E-state index in [9.17, 15) is 4.79 Å². The van der Waals surface area contributed by atoms with Crippen molar-refractivity contribution in [1.29, 1.82) is 0 Å². The molecule has 0 aliphatic heterocycles. The second-order valence-electron chi connectivity index (χ2n) is 6.44. The first-order valence-electron chi connectivity index (χ1n) is 8.66. The number of anilines is 1. The van der Waals surface area contributed by atoms with Crippen molar-refractivity contribution >= 4 is 22.9 Å². The van der Waals surface area contributed by atoms with Crippen LogP contribution in [0.2, 0.25) is 0 Å². The highest BCUT2D eigenvalue weighted by atomic mass is 32.1. The van der Waals surface area contributed by atoms with E-state index in [0.29, 0.717) is 11.3 Å². The van der Waals surface area contributed by atoms with E-state index in [2.05, 4.69) is 27.3 Å². The average molecular weight is 368 g/mol. The Hall–Kier alpha value is -2.58. The standard InChI is InChI=1S/C18H20N6OS/c1-2-14-10-26-18(23-14)24-9-12(7-21-24)17(25)22-15-6-11-5-13(19)3-4-16(11)20-8-15/h6-10,13H,2-5,19H2,1H3,(H,22,25). The third-order valence-electron chi connectivity index (χ3n) is 4.49. The summed E-state index contributed by atoms with van der Waals surface area (Å²) < 4.78 is 1.63. The smallest absolute Gasteiger partial charge is 0.258 e. The fraction of sp³-hybridized carbons (Fsp3) is 0.333. The van der Waals surface area contributed by atoms with Crippen molar-refractivity contribution in [3.05, 3.63) is 52.6 Å². The Bertz CT molecular complexity index is 947. The minimum atomic E-state index is -0.217. The highest BCUT2D eigenvalue weighted by Crippen LogP contribution is 2.22. The van der Waals surface area contributed by atoms with Gasteiger partial charge in [0, 0.05) is 23.3 Å². The quantitative estimate of drug-likeness (QED) is 0.736. The second-order valence-corrected chi connectivity index (χ2v) is 7.27. The first-order valence-corrected chi connectivity index (χ1v) is 9.54. The predicted octanol–water partition coefficient (Wildman–Crippen LogP) is 2.35. The third kappa shape index (κ3) is 3.38. The van der Waals surface area contributed by atoms with Crippen molar-refractivity contribution in [2.24, 2.45) is 5.73 Å². The Labute approximate surface area is 155 Å². The molecule has 1 unspecified atom stereocenters. The van der Waals surface area contributed by atoms with Gasteiger partial charge in [-0.1, -0.05) is 6.92 Å². The molecule has 0 aromatic carbocycles. The fourth-order valence-corrected chi connectivity index (χ4v) is 3.87. The Morgan fingerprint density at radius 3 is 3.15 bits per heavy atom. The van der Waals surface area contributed by atoms with Gasteiger partial charge in [0.05, 0.1) is 29.3 Å². The van der Waals surface area contributed by atoms with E-state index in [0.717, 1.165) is 47.8 Å². The molecule has 3 aromatic rings. The van der Waals surface area contributed by atoms with E-state index < -0.39 is 0 Å². The van der Waals surface area contributed by atoms with Gasteiger partial charge in [0.1, 0.15) is 0 Å². The Balaban J connectivity index is 1.49. The van der Waals surface area contributed by atoms with Gasteiger partial charge in [-0.2, -0.15) is 5.10 Å². The van der Waals surface area contributed by atoms with E-state index in [4.69, 9.17) is 5.73 Å². The molecule has 3 heterocycles. The van der Waals surface area contributed by atoms with Crippen LogP contribution in [0.1, 0.15) is 40.7 Å². The number of nitrogens with zero attached hydrogens (tertiary/aromatic N) is 4. The van der Waals surface area contributed by atoms with E-state index in [1.807, 2.05) is 11.4 Å². The lowest BCUT2D eigenvalue weighted by Crippen LogP contribution is -2.28. The van der Waals surface area contributed by atoms with Gasteiger partial charge >= 0.3 is 0 Å². The lowest BCUT2D eigenvalue weighted by molar-refractivity contribution is 0.102. The number of nitrogens with one attached hydrogen (secondary N) is 1. The first-order chi connectivity index (χ1) is 12.6. The summed E-state index contributed by atoms with van der Waals surface area (Å²) in [5, 5.41) is 9.90. The molecule has 3 N–H and O–H groups in total. The van der Waals surface area contributed by atoms with E-state index in [1.54, 1.807) is 23.3 Å². The Morgan fingerprint density at radius 2 is 2.35 bits per heavy atom. The maximum absolute atomic E-state index is 12.5. The molecule has 1 amide bonds. The third-order valence-corrected chi connectivity index (χ3v) is 5.37. The topological polar surface area (TPSA) is 98.7 Å². The monoisotopic (exact) mass is 368 g/mol. The number of carbonyl (C=O) groups excluding carboxylic acids is 1. The first kappa shape index (κ1) is 16.9. The van der Waals surface area contributed by atoms with Crippen molar-refractivity contribution in [3.63, 3.8) is 0 Å². The predicted molar refractivity (Wildman–Crippen MR) is 101 cm³/mol. The van der Waals surface area contributed by atoms with Crippen molar-refractivity contribution < 1.29 is 4.79 Å².